The zero-order valence-electron chi connectivity index (χ0n) is 14.2. The topological polar surface area (TPSA) is 47.6 Å². The summed E-state index contributed by atoms with van der Waals surface area (Å²) in [6.07, 6.45) is 1.25. The summed E-state index contributed by atoms with van der Waals surface area (Å²) in [6, 6.07) is 14.2. The molecule has 4 nitrogen and oxygen atoms in total. The fourth-order valence-electron chi connectivity index (χ4n) is 2.67. The average Bonchev–Trinajstić information content (AvgIpc) is 3.06. The first kappa shape index (κ1) is 16.4. The van der Waals surface area contributed by atoms with E-state index >= 15 is 0 Å². The van der Waals surface area contributed by atoms with Gasteiger partial charge in [-0.15, -0.1) is 0 Å². The number of rotatable bonds is 6. The predicted octanol–water partition coefficient (Wildman–Crippen LogP) is 3.79. The minimum absolute atomic E-state index is 0.0561. The minimum Gasteiger partial charge on any atom is -0.454 e. The molecule has 126 valence electrons. The standard InChI is InChI=1S/C20H23NO3/c1-14(2)17-7-3-15(4-8-17)6-10-20(22)21-12-16-5-9-18-19(11-16)24-13-23-18/h3-5,7-9,11,14H,6,10,12-13H2,1-2H3,(H,21,22). The van der Waals surface area contributed by atoms with Crippen molar-refractivity contribution in [3.8, 4) is 11.5 Å². The molecular formula is C20H23NO3. The van der Waals surface area contributed by atoms with Crippen LogP contribution in [0.5, 0.6) is 11.5 Å². The van der Waals surface area contributed by atoms with E-state index in [4.69, 9.17) is 9.47 Å². The molecule has 0 saturated carbocycles. The maximum absolute atomic E-state index is 12.0. The van der Waals surface area contributed by atoms with Gasteiger partial charge in [-0.25, -0.2) is 0 Å². The van der Waals surface area contributed by atoms with Gasteiger partial charge < -0.3 is 14.8 Å². The molecule has 1 aliphatic heterocycles. The van der Waals surface area contributed by atoms with E-state index in [0.717, 1.165) is 23.5 Å². The molecule has 0 saturated heterocycles. The number of fused-ring (bicyclic) bond motifs is 1. The predicted molar refractivity (Wildman–Crippen MR) is 93.3 cm³/mol. The molecule has 2 aromatic rings. The van der Waals surface area contributed by atoms with Crippen LogP contribution in [0.15, 0.2) is 42.5 Å². The second kappa shape index (κ2) is 7.39. The van der Waals surface area contributed by atoms with Gasteiger partial charge in [-0.3, -0.25) is 4.79 Å². The molecule has 0 aromatic heterocycles. The van der Waals surface area contributed by atoms with Crippen LogP contribution in [-0.4, -0.2) is 12.7 Å². The molecule has 1 heterocycles. The van der Waals surface area contributed by atoms with Gasteiger partial charge in [-0.1, -0.05) is 44.2 Å². The van der Waals surface area contributed by atoms with Crippen LogP contribution in [-0.2, 0) is 17.8 Å². The van der Waals surface area contributed by atoms with E-state index in [2.05, 4.69) is 43.4 Å². The second-order valence-corrected chi connectivity index (χ2v) is 6.36. The quantitative estimate of drug-likeness (QED) is 0.879. The number of hydrogen-bond donors (Lipinski definition) is 1. The number of nitrogens with one attached hydrogen (secondary N) is 1. The number of benzene rings is 2. The van der Waals surface area contributed by atoms with Crippen molar-refractivity contribution in [3.05, 3.63) is 59.2 Å². The Morgan fingerprint density at radius 3 is 2.50 bits per heavy atom. The van der Waals surface area contributed by atoms with Crippen LogP contribution in [0.3, 0.4) is 0 Å². The highest BCUT2D eigenvalue weighted by atomic mass is 16.7. The zero-order chi connectivity index (χ0) is 16.9. The number of ether oxygens (including phenoxy) is 2. The van der Waals surface area contributed by atoms with Crippen LogP contribution in [0.1, 0.15) is 42.9 Å². The lowest BCUT2D eigenvalue weighted by molar-refractivity contribution is -0.121. The SMILES string of the molecule is CC(C)c1ccc(CCC(=O)NCc2ccc3c(c2)OCO3)cc1. The Balaban J connectivity index is 1.45. The van der Waals surface area contributed by atoms with Crippen molar-refractivity contribution >= 4 is 5.91 Å². The summed E-state index contributed by atoms with van der Waals surface area (Å²) in [4.78, 5) is 12.0. The molecule has 0 aliphatic carbocycles. The smallest absolute Gasteiger partial charge is 0.231 e. The van der Waals surface area contributed by atoms with Crippen LogP contribution in [0.4, 0.5) is 0 Å². The van der Waals surface area contributed by atoms with Crippen LogP contribution in [0, 0.1) is 0 Å². The third-order valence-electron chi connectivity index (χ3n) is 4.21. The molecule has 24 heavy (non-hydrogen) atoms. The van der Waals surface area contributed by atoms with Gasteiger partial charge in [0.2, 0.25) is 12.7 Å². The largest absolute Gasteiger partial charge is 0.454 e. The summed E-state index contributed by atoms with van der Waals surface area (Å²) in [7, 11) is 0. The van der Waals surface area contributed by atoms with E-state index in [1.807, 2.05) is 18.2 Å². The summed E-state index contributed by atoms with van der Waals surface area (Å²) in [5, 5.41) is 2.95. The van der Waals surface area contributed by atoms with Crippen LogP contribution >= 0.6 is 0 Å². The molecule has 4 heteroatoms. The van der Waals surface area contributed by atoms with Gasteiger partial charge >= 0.3 is 0 Å². The molecule has 3 rings (SSSR count). The maximum Gasteiger partial charge on any atom is 0.231 e. The third-order valence-corrected chi connectivity index (χ3v) is 4.21. The Hall–Kier alpha value is -2.49. The Kier molecular flexibility index (Phi) is 5.04. The lowest BCUT2D eigenvalue weighted by atomic mass is 10.0. The fourth-order valence-corrected chi connectivity index (χ4v) is 2.67. The first-order valence-electron chi connectivity index (χ1n) is 8.36. The summed E-state index contributed by atoms with van der Waals surface area (Å²) in [5.41, 5.74) is 3.53. The van der Waals surface area contributed by atoms with Crippen LogP contribution in [0.25, 0.3) is 0 Å². The van der Waals surface area contributed by atoms with Gasteiger partial charge in [-0.05, 0) is 41.2 Å². The van der Waals surface area contributed by atoms with E-state index in [0.29, 0.717) is 18.9 Å². The highest BCUT2D eigenvalue weighted by Gasteiger charge is 2.13. The number of carbonyl (C=O) groups is 1. The first-order valence-corrected chi connectivity index (χ1v) is 8.36. The van der Waals surface area contributed by atoms with Crippen molar-refractivity contribution in [2.75, 3.05) is 6.79 Å². The summed E-state index contributed by atoms with van der Waals surface area (Å²) < 4.78 is 10.6. The summed E-state index contributed by atoms with van der Waals surface area (Å²) >= 11 is 0. The van der Waals surface area contributed by atoms with Gasteiger partial charge in [0.05, 0.1) is 0 Å². The lowest BCUT2D eigenvalue weighted by Crippen LogP contribution is -2.22. The Morgan fingerprint density at radius 1 is 1.04 bits per heavy atom. The highest BCUT2D eigenvalue weighted by Crippen LogP contribution is 2.32. The molecule has 0 radical (unpaired) electrons. The number of hydrogen-bond acceptors (Lipinski definition) is 3. The Morgan fingerprint density at radius 2 is 1.75 bits per heavy atom. The van der Waals surface area contributed by atoms with E-state index < -0.39 is 0 Å². The average molecular weight is 325 g/mol. The monoisotopic (exact) mass is 325 g/mol. The Labute approximate surface area is 142 Å². The highest BCUT2D eigenvalue weighted by molar-refractivity contribution is 5.76. The van der Waals surface area contributed by atoms with Crippen molar-refractivity contribution in [2.24, 2.45) is 0 Å². The number of aryl methyl sites for hydroxylation is 1. The molecule has 1 aliphatic rings. The van der Waals surface area contributed by atoms with Crippen molar-refractivity contribution in [3.63, 3.8) is 0 Å². The van der Waals surface area contributed by atoms with Gasteiger partial charge in [-0.2, -0.15) is 0 Å². The van der Waals surface area contributed by atoms with Crippen molar-refractivity contribution < 1.29 is 14.3 Å². The summed E-state index contributed by atoms with van der Waals surface area (Å²) in [6.45, 7) is 5.12. The molecule has 0 spiro atoms. The molecular weight excluding hydrogens is 302 g/mol. The first-order chi connectivity index (χ1) is 11.6. The second-order valence-electron chi connectivity index (χ2n) is 6.36. The van der Waals surface area contributed by atoms with Gasteiger partial charge in [0.25, 0.3) is 0 Å². The van der Waals surface area contributed by atoms with Crippen molar-refractivity contribution in [1.29, 1.82) is 0 Å². The molecule has 2 aromatic carbocycles. The number of amides is 1. The zero-order valence-corrected chi connectivity index (χ0v) is 14.2. The maximum atomic E-state index is 12.0. The minimum atomic E-state index is 0.0561. The Bertz CT molecular complexity index is 707. The van der Waals surface area contributed by atoms with Gasteiger partial charge in [0.1, 0.15) is 0 Å². The van der Waals surface area contributed by atoms with E-state index in [9.17, 15) is 4.79 Å². The normalized spacial score (nSPS) is 12.5. The van der Waals surface area contributed by atoms with Crippen LogP contribution in [0.2, 0.25) is 0 Å². The molecule has 1 N–H and O–H groups in total. The fraction of sp³-hybridized carbons (Fsp3) is 0.350. The van der Waals surface area contributed by atoms with Crippen molar-refractivity contribution in [1.82, 2.24) is 5.32 Å². The van der Waals surface area contributed by atoms with Crippen LogP contribution < -0.4 is 14.8 Å². The van der Waals surface area contributed by atoms with Gasteiger partial charge in [0.15, 0.2) is 11.5 Å². The summed E-state index contributed by atoms with van der Waals surface area (Å²) in [5.74, 6) is 2.09. The molecule has 0 atom stereocenters. The van der Waals surface area contributed by atoms with Gasteiger partial charge in [0, 0.05) is 13.0 Å². The molecule has 0 unspecified atom stereocenters. The molecule has 0 bridgehead atoms. The van der Waals surface area contributed by atoms with E-state index in [1.54, 1.807) is 0 Å². The van der Waals surface area contributed by atoms with E-state index in [-0.39, 0.29) is 12.7 Å². The van der Waals surface area contributed by atoms with E-state index in [1.165, 1.54) is 11.1 Å². The number of carbonyl (C=O) groups excluding carboxylic acids is 1. The lowest BCUT2D eigenvalue weighted by Gasteiger charge is -2.08. The molecule has 1 amide bonds. The molecule has 0 fully saturated rings. The van der Waals surface area contributed by atoms with Crippen molar-refractivity contribution in [2.45, 2.75) is 39.2 Å². The third kappa shape index (κ3) is 4.07.